The van der Waals surface area contributed by atoms with E-state index in [1.165, 1.54) is 98.7 Å². The number of benzene rings is 8. The number of aromatic nitrogens is 2. The Morgan fingerprint density at radius 2 is 1.17 bits per heavy atom. The van der Waals surface area contributed by atoms with E-state index in [1.54, 1.807) is 0 Å². The summed E-state index contributed by atoms with van der Waals surface area (Å²) in [5, 5.41) is 10.2. The van der Waals surface area contributed by atoms with Crippen LogP contribution in [0.15, 0.2) is 189 Å². The lowest BCUT2D eigenvalue weighted by molar-refractivity contribution is 1.16. The Hall–Kier alpha value is -6.90. The van der Waals surface area contributed by atoms with Gasteiger partial charge in [-0.2, -0.15) is 0 Å². The van der Waals surface area contributed by atoms with Gasteiger partial charge in [0.1, 0.15) is 0 Å². The molecule has 248 valence electrons. The number of para-hydroxylation sites is 2. The molecular formula is C51H34N2. The molecule has 0 unspecified atom stereocenters. The molecule has 0 bridgehead atoms. The molecule has 11 rings (SSSR count). The fraction of sp³-hybridized carbons (Fsp3) is 0.0196. The van der Waals surface area contributed by atoms with Gasteiger partial charge in [-0.25, -0.2) is 0 Å². The van der Waals surface area contributed by atoms with Crippen molar-refractivity contribution in [2.24, 2.45) is 0 Å². The number of hydrogen-bond acceptors (Lipinski definition) is 0. The van der Waals surface area contributed by atoms with E-state index in [2.05, 4.69) is 192 Å². The predicted molar refractivity (Wildman–Crippen MR) is 226 cm³/mol. The van der Waals surface area contributed by atoms with E-state index >= 15 is 0 Å². The zero-order valence-corrected chi connectivity index (χ0v) is 29.1. The first-order valence-electron chi connectivity index (χ1n) is 18.4. The quantitative estimate of drug-likeness (QED) is 0.155. The van der Waals surface area contributed by atoms with Crippen molar-refractivity contribution in [3.05, 3.63) is 205 Å². The lowest BCUT2D eigenvalue weighted by atomic mass is 9.96. The van der Waals surface area contributed by atoms with Crippen LogP contribution in [0, 0.1) is 0 Å². The Balaban J connectivity index is 1.16. The third-order valence-corrected chi connectivity index (χ3v) is 11.3. The summed E-state index contributed by atoms with van der Waals surface area (Å²) < 4.78 is 4.95. The van der Waals surface area contributed by atoms with E-state index in [-0.39, 0.29) is 0 Å². The zero-order valence-electron chi connectivity index (χ0n) is 29.1. The second-order valence-corrected chi connectivity index (χ2v) is 14.1. The largest absolute Gasteiger partial charge is 0.309 e. The van der Waals surface area contributed by atoms with Gasteiger partial charge in [0, 0.05) is 32.9 Å². The lowest BCUT2D eigenvalue weighted by Gasteiger charge is -2.12. The number of nitrogens with zero attached hydrogens (tertiary/aromatic N) is 2. The molecule has 0 amide bonds. The maximum Gasteiger partial charge on any atom is 0.0641 e. The van der Waals surface area contributed by atoms with Crippen LogP contribution in [-0.2, 0) is 6.42 Å². The summed E-state index contributed by atoms with van der Waals surface area (Å²) in [6.45, 7) is 3.97. The smallest absolute Gasteiger partial charge is 0.0641 e. The van der Waals surface area contributed by atoms with Crippen LogP contribution in [-0.4, -0.2) is 9.13 Å². The minimum atomic E-state index is 0.829. The first kappa shape index (κ1) is 29.8. The zero-order chi connectivity index (χ0) is 35.0. The fourth-order valence-corrected chi connectivity index (χ4v) is 9.13. The van der Waals surface area contributed by atoms with E-state index in [9.17, 15) is 0 Å². The number of hydrogen-bond donors (Lipinski definition) is 0. The van der Waals surface area contributed by atoms with Gasteiger partial charge in [-0.05, 0) is 98.3 Å². The van der Waals surface area contributed by atoms with Crippen molar-refractivity contribution in [3.63, 3.8) is 0 Å². The summed E-state index contributed by atoms with van der Waals surface area (Å²) in [5.41, 5.74) is 13.7. The van der Waals surface area contributed by atoms with Crippen LogP contribution < -0.4 is 0 Å². The topological polar surface area (TPSA) is 9.86 Å². The molecule has 2 aromatic heterocycles. The Kier molecular flexibility index (Phi) is 6.50. The third kappa shape index (κ3) is 4.33. The third-order valence-electron chi connectivity index (χ3n) is 11.3. The van der Waals surface area contributed by atoms with Crippen molar-refractivity contribution in [1.82, 2.24) is 9.13 Å². The Bertz CT molecular complexity index is 3200. The van der Waals surface area contributed by atoms with Gasteiger partial charge in [0.15, 0.2) is 0 Å². The molecule has 10 aromatic rings. The van der Waals surface area contributed by atoms with Gasteiger partial charge in [0.05, 0.1) is 22.1 Å². The van der Waals surface area contributed by atoms with Crippen molar-refractivity contribution < 1.29 is 0 Å². The average Bonchev–Trinajstić information content (AvgIpc) is 3.84. The van der Waals surface area contributed by atoms with Gasteiger partial charge in [-0.15, -0.1) is 0 Å². The van der Waals surface area contributed by atoms with Crippen LogP contribution in [0.5, 0.6) is 0 Å². The minimum Gasteiger partial charge on any atom is -0.309 e. The van der Waals surface area contributed by atoms with Crippen molar-refractivity contribution in [1.29, 1.82) is 0 Å². The normalized spacial score (nSPS) is 12.9. The molecular weight excluding hydrogens is 641 g/mol. The summed E-state index contributed by atoms with van der Waals surface area (Å²) in [7, 11) is 0. The Morgan fingerprint density at radius 3 is 2.04 bits per heavy atom. The highest BCUT2D eigenvalue weighted by Crippen LogP contribution is 2.46. The maximum atomic E-state index is 3.97. The van der Waals surface area contributed by atoms with Crippen LogP contribution in [0.1, 0.15) is 16.7 Å². The Labute approximate surface area is 307 Å². The van der Waals surface area contributed by atoms with Gasteiger partial charge in [-0.3, -0.25) is 0 Å². The summed E-state index contributed by atoms with van der Waals surface area (Å²) in [6.07, 6.45) is 6.99. The highest BCUT2D eigenvalue weighted by atomic mass is 15.0. The van der Waals surface area contributed by atoms with Gasteiger partial charge >= 0.3 is 0 Å². The molecule has 0 radical (unpaired) electrons. The summed E-state index contributed by atoms with van der Waals surface area (Å²) in [6, 6.07) is 60.3. The van der Waals surface area contributed by atoms with E-state index in [4.69, 9.17) is 0 Å². The van der Waals surface area contributed by atoms with E-state index in [1.807, 2.05) is 6.08 Å². The molecule has 8 aromatic carbocycles. The summed E-state index contributed by atoms with van der Waals surface area (Å²) in [4.78, 5) is 0. The SMILES string of the molecule is C=C/C=C\C1=C(Cc2cccc(-n3c4ccccc4c4c3ccc3c5c6ccccc6ccc5n(-c5ccccc5)c34)c2)c2cccc3cccc1c23. The van der Waals surface area contributed by atoms with Gasteiger partial charge in [0.2, 0.25) is 0 Å². The van der Waals surface area contributed by atoms with E-state index in [0.29, 0.717) is 0 Å². The molecule has 0 fully saturated rings. The first-order chi connectivity index (χ1) is 26.3. The standard InChI is InChI=1S/C51H34N2/c1-2-3-21-39-40-24-12-16-35-17-13-25-41(48(35)40)44(39)32-33-14-11-20-37(31-33)52-45-26-10-9-23-42(45)50-47(52)30-28-43-49-38-22-8-7-15-34(38)27-29-46(49)53(51(43)50)36-18-5-4-6-19-36/h2-31H,1,32H2/b21-3-. The van der Waals surface area contributed by atoms with Gasteiger partial charge in [-0.1, -0.05) is 146 Å². The first-order valence-corrected chi connectivity index (χ1v) is 18.4. The molecule has 53 heavy (non-hydrogen) atoms. The van der Waals surface area contributed by atoms with E-state index in [0.717, 1.165) is 12.1 Å². The molecule has 2 heterocycles. The second-order valence-electron chi connectivity index (χ2n) is 14.1. The fourth-order valence-electron chi connectivity index (χ4n) is 9.13. The van der Waals surface area contributed by atoms with Gasteiger partial charge in [0.25, 0.3) is 0 Å². The highest BCUT2D eigenvalue weighted by Gasteiger charge is 2.24. The van der Waals surface area contributed by atoms with Crippen molar-refractivity contribution >= 4 is 76.3 Å². The number of allylic oxidation sites excluding steroid dienone is 5. The second kappa shape index (κ2) is 11.6. The monoisotopic (exact) mass is 674 g/mol. The van der Waals surface area contributed by atoms with Crippen LogP contribution in [0.4, 0.5) is 0 Å². The Morgan fingerprint density at radius 1 is 0.472 bits per heavy atom. The molecule has 0 saturated heterocycles. The number of rotatable bonds is 6. The van der Waals surface area contributed by atoms with Crippen LogP contribution in [0.2, 0.25) is 0 Å². The van der Waals surface area contributed by atoms with Crippen molar-refractivity contribution in [2.75, 3.05) is 0 Å². The number of fused-ring (bicyclic) bond motifs is 9. The molecule has 0 N–H and O–H groups in total. The van der Waals surface area contributed by atoms with Crippen molar-refractivity contribution in [2.45, 2.75) is 6.42 Å². The molecule has 1 aliphatic carbocycles. The summed E-state index contributed by atoms with van der Waals surface area (Å²) >= 11 is 0. The molecule has 0 atom stereocenters. The van der Waals surface area contributed by atoms with Crippen LogP contribution >= 0.6 is 0 Å². The average molecular weight is 675 g/mol. The minimum absolute atomic E-state index is 0.829. The highest BCUT2D eigenvalue weighted by molar-refractivity contribution is 6.30. The molecule has 2 nitrogen and oxygen atoms in total. The van der Waals surface area contributed by atoms with E-state index < -0.39 is 0 Å². The van der Waals surface area contributed by atoms with Crippen LogP contribution in [0.3, 0.4) is 0 Å². The molecule has 0 saturated carbocycles. The molecule has 0 spiro atoms. The summed E-state index contributed by atoms with van der Waals surface area (Å²) in [5.74, 6) is 0. The predicted octanol–water partition coefficient (Wildman–Crippen LogP) is 13.4. The lowest BCUT2D eigenvalue weighted by Crippen LogP contribution is -1.97. The van der Waals surface area contributed by atoms with Gasteiger partial charge < -0.3 is 9.13 Å². The maximum absolute atomic E-state index is 3.97. The molecule has 1 aliphatic rings. The van der Waals surface area contributed by atoms with Crippen LogP contribution in [0.25, 0.3) is 87.7 Å². The van der Waals surface area contributed by atoms with Crippen molar-refractivity contribution in [3.8, 4) is 11.4 Å². The molecule has 0 aliphatic heterocycles. The molecule has 2 heteroatoms.